The zero-order valence-corrected chi connectivity index (χ0v) is 16.1. The largest absolute Gasteiger partial charge is 0.237 e. The first-order valence-electron chi connectivity index (χ1n) is 7.65. The van der Waals surface area contributed by atoms with E-state index in [1.165, 1.54) is 22.3 Å². The van der Waals surface area contributed by atoms with Crippen LogP contribution < -0.4 is 0 Å². The fraction of sp³-hybridized carbons (Fsp3) is 0.368. The van der Waals surface area contributed by atoms with Crippen molar-refractivity contribution < 1.29 is 0 Å². The van der Waals surface area contributed by atoms with Crippen LogP contribution in [0.1, 0.15) is 40.8 Å². The standard InChI is InChI=1S/C19H24N2.HI/c1-14-9-11-16(12-10-14)18-13-19(21(4)20(18)3)17-8-6-5-7-15(17)2;/h5-12,18-19H,13H2,1-4H3;1H. The van der Waals surface area contributed by atoms with E-state index >= 15 is 0 Å². The summed E-state index contributed by atoms with van der Waals surface area (Å²) >= 11 is 0. The Hall–Kier alpha value is -0.910. The molecule has 1 aliphatic heterocycles. The molecule has 1 fully saturated rings. The Bertz CT molecular complexity index is 624. The molecule has 0 N–H and O–H groups in total. The number of hydrogen-bond acceptors (Lipinski definition) is 2. The number of hydrogen-bond donors (Lipinski definition) is 0. The lowest BCUT2D eigenvalue weighted by Crippen LogP contribution is -2.32. The molecule has 2 aromatic rings. The van der Waals surface area contributed by atoms with Crippen molar-refractivity contribution in [3.63, 3.8) is 0 Å². The second-order valence-electron chi connectivity index (χ2n) is 6.18. The number of hydrazine groups is 1. The third-order valence-electron chi connectivity index (χ3n) is 4.86. The number of rotatable bonds is 2. The van der Waals surface area contributed by atoms with Gasteiger partial charge in [-0.25, -0.2) is 10.0 Å². The maximum Gasteiger partial charge on any atom is 0.0513 e. The molecule has 1 aliphatic rings. The van der Waals surface area contributed by atoms with Gasteiger partial charge in [-0.1, -0.05) is 54.1 Å². The molecule has 3 rings (SSSR count). The number of nitrogens with zero attached hydrogens (tertiary/aromatic N) is 2. The van der Waals surface area contributed by atoms with Gasteiger partial charge in [0.05, 0.1) is 12.1 Å². The molecule has 1 heterocycles. The molecule has 0 radical (unpaired) electrons. The molecule has 2 aromatic carbocycles. The molecule has 2 unspecified atom stereocenters. The van der Waals surface area contributed by atoms with Gasteiger partial charge in [0.2, 0.25) is 0 Å². The van der Waals surface area contributed by atoms with Crippen LogP contribution in [0.3, 0.4) is 0 Å². The minimum absolute atomic E-state index is 0. The Labute approximate surface area is 151 Å². The summed E-state index contributed by atoms with van der Waals surface area (Å²) in [5, 5.41) is 4.76. The van der Waals surface area contributed by atoms with Crippen molar-refractivity contribution in [1.29, 1.82) is 0 Å². The van der Waals surface area contributed by atoms with Gasteiger partial charge in [-0.3, -0.25) is 0 Å². The minimum Gasteiger partial charge on any atom is -0.237 e. The quantitative estimate of drug-likeness (QED) is 0.654. The van der Waals surface area contributed by atoms with E-state index in [9.17, 15) is 0 Å². The maximum absolute atomic E-state index is 2.38. The average molecular weight is 408 g/mol. The molecule has 0 spiro atoms. The van der Waals surface area contributed by atoms with Crippen molar-refractivity contribution in [2.45, 2.75) is 32.4 Å². The van der Waals surface area contributed by atoms with Gasteiger partial charge in [-0.15, -0.1) is 24.0 Å². The maximum atomic E-state index is 2.38. The number of aryl methyl sites for hydroxylation is 2. The molecule has 118 valence electrons. The van der Waals surface area contributed by atoms with Gasteiger partial charge < -0.3 is 0 Å². The molecule has 22 heavy (non-hydrogen) atoms. The van der Waals surface area contributed by atoms with Crippen molar-refractivity contribution in [1.82, 2.24) is 10.0 Å². The summed E-state index contributed by atoms with van der Waals surface area (Å²) in [6.45, 7) is 4.35. The van der Waals surface area contributed by atoms with E-state index in [4.69, 9.17) is 0 Å². The highest BCUT2D eigenvalue weighted by molar-refractivity contribution is 14.0. The first-order chi connectivity index (χ1) is 10.1. The van der Waals surface area contributed by atoms with E-state index in [-0.39, 0.29) is 24.0 Å². The Morgan fingerprint density at radius 3 is 2.05 bits per heavy atom. The fourth-order valence-corrected chi connectivity index (χ4v) is 3.39. The molecule has 1 saturated heterocycles. The van der Waals surface area contributed by atoms with Crippen LogP contribution in [0.2, 0.25) is 0 Å². The molecule has 0 bridgehead atoms. The topological polar surface area (TPSA) is 6.48 Å². The highest BCUT2D eigenvalue weighted by Gasteiger charge is 2.36. The van der Waals surface area contributed by atoms with Gasteiger partial charge in [0.25, 0.3) is 0 Å². The molecule has 2 atom stereocenters. The second-order valence-corrected chi connectivity index (χ2v) is 6.18. The molecular formula is C19H25IN2. The highest BCUT2D eigenvalue weighted by Crippen LogP contribution is 2.42. The predicted octanol–water partition coefficient (Wildman–Crippen LogP) is 4.89. The van der Waals surface area contributed by atoms with E-state index in [0.717, 1.165) is 6.42 Å². The minimum atomic E-state index is 0. The molecular weight excluding hydrogens is 383 g/mol. The predicted molar refractivity (Wildman–Crippen MR) is 103 cm³/mol. The summed E-state index contributed by atoms with van der Waals surface area (Å²) in [5.74, 6) is 0. The van der Waals surface area contributed by atoms with Crippen molar-refractivity contribution in [2.24, 2.45) is 0 Å². The molecule has 0 aromatic heterocycles. The number of benzene rings is 2. The molecule has 0 aliphatic carbocycles. The van der Waals surface area contributed by atoms with Gasteiger partial charge in [-0.05, 0) is 37.0 Å². The first kappa shape index (κ1) is 17.4. The fourth-order valence-electron chi connectivity index (χ4n) is 3.39. The van der Waals surface area contributed by atoms with E-state index in [1.807, 2.05) is 0 Å². The van der Waals surface area contributed by atoms with Crippen molar-refractivity contribution in [2.75, 3.05) is 14.1 Å². The average Bonchev–Trinajstić information content (AvgIpc) is 2.77. The zero-order valence-electron chi connectivity index (χ0n) is 13.8. The van der Waals surface area contributed by atoms with Crippen molar-refractivity contribution in [3.05, 3.63) is 70.8 Å². The summed E-state index contributed by atoms with van der Waals surface area (Å²) < 4.78 is 0. The Kier molecular flexibility index (Phi) is 5.64. The number of halogens is 1. The molecule has 2 nitrogen and oxygen atoms in total. The lowest BCUT2D eigenvalue weighted by atomic mass is 9.94. The SMILES string of the molecule is Cc1ccc(C2CC(c3ccccc3C)N(C)N2C)cc1.I. The smallest absolute Gasteiger partial charge is 0.0513 e. The van der Waals surface area contributed by atoms with E-state index < -0.39 is 0 Å². The Balaban J connectivity index is 0.00000176. The normalized spacial score (nSPS) is 22.5. The highest BCUT2D eigenvalue weighted by atomic mass is 127. The van der Waals surface area contributed by atoms with Gasteiger partial charge in [0, 0.05) is 14.1 Å². The third-order valence-corrected chi connectivity index (χ3v) is 4.86. The first-order valence-corrected chi connectivity index (χ1v) is 7.65. The van der Waals surface area contributed by atoms with Crippen LogP contribution in [-0.2, 0) is 0 Å². The summed E-state index contributed by atoms with van der Waals surface area (Å²) in [6, 6.07) is 18.6. The van der Waals surface area contributed by atoms with E-state index in [0.29, 0.717) is 12.1 Å². The van der Waals surface area contributed by atoms with E-state index in [1.54, 1.807) is 0 Å². The van der Waals surface area contributed by atoms with Crippen LogP contribution >= 0.6 is 24.0 Å². The van der Waals surface area contributed by atoms with Crippen LogP contribution in [0, 0.1) is 13.8 Å². The van der Waals surface area contributed by atoms with Crippen LogP contribution in [0.15, 0.2) is 48.5 Å². The third kappa shape index (κ3) is 3.21. The summed E-state index contributed by atoms with van der Waals surface area (Å²) in [6.07, 6.45) is 1.14. The molecule has 3 heteroatoms. The van der Waals surface area contributed by atoms with Crippen LogP contribution in [0.4, 0.5) is 0 Å². The monoisotopic (exact) mass is 408 g/mol. The Morgan fingerprint density at radius 1 is 0.818 bits per heavy atom. The Morgan fingerprint density at radius 2 is 1.41 bits per heavy atom. The molecule has 0 saturated carbocycles. The van der Waals surface area contributed by atoms with Gasteiger partial charge >= 0.3 is 0 Å². The summed E-state index contributed by atoms with van der Waals surface area (Å²) in [7, 11) is 4.40. The van der Waals surface area contributed by atoms with Crippen molar-refractivity contribution in [3.8, 4) is 0 Å². The summed E-state index contributed by atoms with van der Waals surface area (Å²) in [4.78, 5) is 0. The molecule has 0 amide bonds. The lowest BCUT2D eigenvalue weighted by Gasteiger charge is -2.28. The zero-order chi connectivity index (χ0) is 15.0. The summed E-state index contributed by atoms with van der Waals surface area (Å²) in [5.41, 5.74) is 5.56. The van der Waals surface area contributed by atoms with Gasteiger partial charge in [0.1, 0.15) is 0 Å². The van der Waals surface area contributed by atoms with Gasteiger partial charge in [0.15, 0.2) is 0 Å². The van der Waals surface area contributed by atoms with E-state index in [2.05, 4.69) is 86.5 Å². The van der Waals surface area contributed by atoms with Crippen LogP contribution in [-0.4, -0.2) is 24.1 Å². The lowest BCUT2D eigenvalue weighted by molar-refractivity contribution is 0.0251. The second kappa shape index (κ2) is 7.11. The van der Waals surface area contributed by atoms with Crippen molar-refractivity contribution >= 4 is 24.0 Å². The van der Waals surface area contributed by atoms with Crippen LogP contribution in [0.5, 0.6) is 0 Å². The van der Waals surface area contributed by atoms with Gasteiger partial charge in [-0.2, -0.15) is 0 Å². The van der Waals surface area contributed by atoms with Crippen LogP contribution in [0.25, 0.3) is 0 Å².